The summed E-state index contributed by atoms with van der Waals surface area (Å²) in [7, 11) is 0. The van der Waals surface area contributed by atoms with Crippen LogP contribution in [-0.2, 0) is 12.8 Å². The Hall–Kier alpha value is -3.60. The van der Waals surface area contributed by atoms with Crippen LogP contribution >= 0.6 is 23.2 Å². The number of benzene rings is 4. The molecule has 170 valence electrons. The first kappa shape index (κ1) is 22.2. The molecule has 0 aromatic heterocycles. The van der Waals surface area contributed by atoms with Crippen molar-refractivity contribution in [3.63, 3.8) is 0 Å². The molecule has 0 amide bonds. The number of hydrogen-bond acceptors (Lipinski definition) is 4. The Morgan fingerprint density at radius 3 is 2.00 bits per heavy atom. The van der Waals surface area contributed by atoms with Gasteiger partial charge in [-0.25, -0.2) is 0 Å². The standard InChI is InChI=1S/C28H20Cl2O4/c29-23-14-22-19-13-24(30)28(34)11-17(19)5-1-15-3-7-25(31)20(9-15)21-10-16(4-8-26(21)32)2-6-18(23)12-27(22)33/h2-4,6-14,31-34H,1,5H2. The lowest BCUT2D eigenvalue weighted by molar-refractivity contribution is 0.469. The van der Waals surface area contributed by atoms with Crippen LogP contribution in [-0.4, -0.2) is 20.4 Å². The lowest BCUT2D eigenvalue weighted by Gasteiger charge is -2.16. The molecule has 0 saturated heterocycles. The van der Waals surface area contributed by atoms with Crippen LogP contribution in [0.2, 0.25) is 10.0 Å². The molecular weight excluding hydrogens is 471 g/mol. The van der Waals surface area contributed by atoms with Crippen molar-refractivity contribution in [2.75, 3.05) is 0 Å². The lowest BCUT2D eigenvalue weighted by atomic mass is 9.92. The fraction of sp³-hybridized carbons (Fsp3) is 0.0714. The molecule has 0 atom stereocenters. The zero-order valence-electron chi connectivity index (χ0n) is 17.9. The van der Waals surface area contributed by atoms with Gasteiger partial charge in [0.15, 0.2) is 0 Å². The predicted molar refractivity (Wildman–Crippen MR) is 137 cm³/mol. The smallest absolute Gasteiger partial charge is 0.134 e. The van der Waals surface area contributed by atoms with Crippen molar-refractivity contribution in [2.24, 2.45) is 0 Å². The van der Waals surface area contributed by atoms with E-state index in [9.17, 15) is 20.4 Å². The molecule has 2 aliphatic rings. The fourth-order valence-electron chi connectivity index (χ4n) is 4.28. The second-order valence-corrected chi connectivity index (χ2v) is 9.13. The van der Waals surface area contributed by atoms with Gasteiger partial charge in [-0.15, -0.1) is 0 Å². The predicted octanol–water partition coefficient (Wildman–Crippen LogP) is 7.42. The van der Waals surface area contributed by atoms with E-state index in [0.717, 1.165) is 16.7 Å². The fourth-order valence-corrected chi connectivity index (χ4v) is 4.67. The topological polar surface area (TPSA) is 80.9 Å². The number of phenolic OH excluding ortho intramolecular Hbond substituents is 4. The second-order valence-electron chi connectivity index (χ2n) is 8.31. The van der Waals surface area contributed by atoms with Crippen molar-refractivity contribution in [3.05, 3.63) is 93.0 Å². The summed E-state index contributed by atoms with van der Waals surface area (Å²) in [6.07, 6.45) is 4.69. The molecule has 0 spiro atoms. The first-order chi connectivity index (χ1) is 16.3. The van der Waals surface area contributed by atoms with Gasteiger partial charge in [0.2, 0.25) is 0 Å². The maximum absolute atomic E-state index is 10.9. The lowest BCUT2D eigenvalue weighted by Crippen LogP contribution is -1.97. The number of halogens is 2. The van der Waals surface area contributed by atoms with E-state index in [1.807, 2.05) is 18.2 Å². The van der Waals surface area contributed by atoms with E-state index in [2.05, 4.69) is 0 Å². The van der Waals surface area contributed by atoms with Gasteiger partial charge in [-0.05, 0) is 89.2 Å². The third kappa shape index (κ3) is 4.07. The SMILES string of the molecule is Oc1cc2c(cc1Cl)-c1cc(Cl)c(cc1O)C=Cc1ccc(O)c(c1)-c1cc(ccc1O)CC2. The molecule has 4 N–H and O–H groups in total. The van der Waals surface area contributed by atoms with Gasteiger partial charge >= 0.3 is 0 Å². The summed E-state index contributed by atoms with van der Waals surface area (Å²) in [4.78, 5) is 0. The van der Waals surface area contributed by atoms with Gasteiger partial charge in [-0.1, -0.05) is 47.5 Å². The Labute approximate surface area is 206 Å². The molecule has 0 fully saturated rings. The highest BCUT2D eigenvalue weighted by Crippen LogP contribution is 2.42. The molecule has 0 radical (unpaired) electrons. The van der Waals surface area contributed by atoms with Crippen molar-refractivity contribution < 1.29 is 20.4 Å². The first-order valence-corrected chi connectivity index (χ1v) is 11.4. The van der Waals surface area contributed by atoms with Gasteiger partial charge in [-0.2, -0.15) is 0 Å². The molecule has 0 saturated carbocycles. The monoisotopic (exact) mass is 490 g/mol. The second kappa shape index (κ2) is 8.64. The van der Waals surface area contributed by atoms with E-state index in [0.29, 0.717) is 45.7 Å². The third-order valence-electron chi connectivity index (χ3n) is 6.09. The van der Waals surface area contributed by atoms with Crippen LogP contribution in [0.15, 0.2) is 60.7 Å². The molecule has 34 heavy (non-hydrogen) atoms. The Morgan fingerprint density at radius 2 is 1.21 bits per heavy atom. The van der Waals surface area contributed by atoms with Crippen LogP contribution in [0.1, 0.15) is 22.3 Å². The summed E-state index contributed by atoms with van der Waals surface area (Å²) in [5, 5.41) is 42.8. The highest BCUT2D eigenvalue weighted by atomic mass is 35.5. The normalized spacial score (nSPS) is 12.5. The highest BCUT2D eigenvalue weighted by molar-refractivity contribution is 6.33. The summed E-state index contributed by atoms with van der Waals surface area (Å²) in [5.74, 6) is 0.107. The van der Waals surface area contributed by atoms with Gasteiger partial charge in [-0.3, -0.25) is 0 Å². The Morgan fingerprint density at radius 1 is 0.529 bits per heavy atom. The van der Waals surface area contributed by atoms with Crippen LogP contribution in [0.4, 0.5) is 0 Å². The van der Waals surface area contributed by atoms with E-state index >= 15 is 0 Å². The van der Waals surface area contributed by atoms with Crippen LogP contribution in [0.5, 0.6) is 23.0 Å². The van der Waals surface area contributed by atoms with Gasteiger partial charge in [0.1, 0.15) is 23.0 Å². The van der Waals surface area contributed by atoms with E-state index in [-0.39, 0.29) is 28.0 Å². The van der Waals surface area contributed by atoms with Crippen LogP contribution in [0.3, 0.4) is 0 Å². The number of hydrogen-bond donors (Lipinski definition) is 4. The van der Waals surface area contributed by atoms with Gasteiger partial charge in [0.25, 0.3) is 0 Å². The average molecular weight is 491 g/mol. The van der Waals surface area contributed by atoms with E-state index in [4.69, 9.17) is 23.2 Å². The van der Waals surface area contributed by atoms with Crippen molar-refractivity contribution >= 4 is 35.4 Å². The van der Waals surface area contributed by atoms with Crippen LogP contribution < -0.4 is 0 Å². The molecule has 6 heteroatoms. The first-order valence-electron chi connectivity index (χ1n) is 10.7. The van der Waals surface area contributed by atoms with E-state index in [1.54, 1.807) is 54.6 Å². The van der Waals surface area contributed by atoms with Crippen molar-refractivity contribution in [1.82, 2.24) is 0 Å². The van der Waals surface area contributed by atoms with Crippen molar-refractivity contribution in [3.8, 4) is 45.3 Å². The number of phenols is 4. The van der Waals surface area contributed by atoms with Gasteiger partial charge < -0.3 is 20.4 Å². The number of aromatic hydroxyl groups is 4. The number of aryl methyl sites for hydroxylation is 2. The maximum Gasteiger partial charge on any atom is 0.134 e. The van der Waals surface area contributed by atoms with Crippen LogP contribution in [0, 0.1) is 0 Å². The molecule has 4 nitrogen and oxygen atoms in total. The molecule has 4 aromatic rings. The molecule has 0 aliphatic heterocycles. The van der Waals surface area contributed by atoms with Gasteiger partial charge in [0, 0.05) is 21.7 Å². The third-order valence-corrected chi connectivity index (χ3v) is 6.72. The van der Waals surface area contributed by atoms with Crippen molar-refractivity contribution in [1.29, 1.82) is 0 Å². The Bertz CT molecular complexity index is 1470. The summed E-state index contributed by atoms with van der Waals surface area (Å²) in [6.45, 7) is 0. The molecule has 0 heterocycles. The summed E-state index contributed by atoms with van der Waals surface area (Å²) in [6, 6.07) is 16.9. The highest BCUT2D eigenvalue weighted by Gasteiger charge is 2.17. The zero-order chi connectivity index (χ0) is 24.0. The van der Waals surface area contributed by atoms with E-state index in [1.165, 1.54) is 0 Å². The zero-order valence-corrected chi connectivity index (χ0v) is 19.4. The van der Waals surface area contributed by atoms with Crippen molar-refractivity contribution in [2.45, 2.75) is 12.8 Å². The minimum atomic E-state index is -0.0481. The summed E-state index contributed by atoms with van der Waals surface area (Å²) < 4.78 is 0. The van der Waals surface area contributed by atoms with Crippen LogP contribution in [0.25, 0.3) is 34.4 Å². The molecular formula is C28H20Cl2O4. The van der Waals surface area contributed by atoms with E-state index < -0.39 is 0 Å². The molecule has 6 rings (SSSR count). The summed E-state index contributed by atoms with van der Waals surface area (Å²) >= 11 is 12.8. The minimum absolute atomic E-state index is 0.0393. The molecule has 0 unspecified atom stereocenters. The maximum atomic E-state index is 10.9. The quantitative estimate of drug-likeness (QED) is 0.206. The molecule has 4 aromatic carbocycles. The Balaban J connectivity index is 1.77. The number of fused-ring (bicyclic) bond motifs is 3. The van der Waals surface area contributed by atoms with Gasteiger partial charge in [0.05, 0.1) is 5.02 Å². The largest absolute Gasteiger partial charge is 0.507 e. The summed E-state index contributed by atoms with van der Waals surface area (Å²) in [5.41, 5.74) is 5.33. The number of rotatable bonds is 0. The Kier molecular flexibility index (Phi) is 5.64. The molecule has 6 bridgehead atoms. The average Bonchev–Trinajstić information content (AvgIpc) is 2.81. The molecule has 2 aliphatic carbocycles. The minimum Gasteiger partial charge on any atom is -0.507 e.